The maximum atomic E-state index is 12.2. The molecule has 0 radical (unpaired) electrons. The molecule has 0 aliphatic heterocycles. The van der Waals surface area contributed by atoms with Crippen LogP contribution in [-0.4, -0.2) is 43.1 Å². The first-order valence-electron chi connectivity index (χ1n) is 8.51. The van der Waals surface area contributed by atoms with Crippen LogP contribution in [-0.2, 0) is 14.8 Å². The van der Waals surface area contributed by atoms with E-state index in [1.54, 1.807) is 11.8 Å². The second-order valence-corrected chi connectivity index (χ2v) is 10.5. The van der Waals surface area contributed by atoms with Crippen LogP contribution in [0.25, 0.3) is 0 Å². The van der Waals surface area contributed by atoms with Gasteiger partial charge in [-0.1, -0.05) is 36.1 Å². The van der Waals surface area contributed by atoms with E-state index in [1.165, 1.54) is 21.9 Å². The lowest BCUT2D eigenvalue weighted by atomic mass is 10.1. The van der Waals surface area contributed by atoms with E-state index < -0.39 is 10.0 Å². The minimum absolute atomic E-state index is 0.201. The predicted molar refractivity (Wildman–Crippen MR) is 112 cm³/mol. The smallest absolute Gasteiger partial charge is 0.232 e. The first-order chi connectivity index (χ1) is 12.7. The highest BCUT2D eigenvalue weighted by Gasteiger charge is 2.18. The standard InChI is InChI=1S/C17H24N4O3S3/c1-5-25-17-20-19-16(26-17)18-15(22)7-6-8-21(27(4,23)24)14-10-12(2)9-13(3)11-14/h9-11H,5-8H2,1-4H3,(H,18,19,22). The zero-order valence-corrected chi connectivity index (χ0v) is 18.3. The van der Waals surface area contributed by atoms with Crippen LogP contribution in [0, 0.1) is 13.8 Å². The Balaban J connectivity index is 1.96. The number of aromatic nitrogens is 2. The Morgan fingerprint density at radius 3 is 2.48 bits per heavy atom. The van der Waals surface area contributed by atoms with E-state index in [2.05, 4.69) is 15.5 Å². The van der Waals surface area contributed by atoms with E-state index >= 15 is 0 Å². The topological polar surface area (TPSA) is 92.3 Å². The van der Waals surface area contributed by atoms with Crippen molar-refractivity contribution < 1.29 is 13.2 Å². The molecule has 0 bridgehead atoms. The fraction of sp³-hybridized carbons (Fsp3) is 0.471. The molecule has 1 N–H and O–H groups in total. The molecule has 0 aliphatic rings. The van der Waals surface area contributed by atoms with Gasteiger partial charge in [0.1, 0.15) is 0 Å². The van der Waals surface area contributed by atoms with Gasteiger partial charge >= 0.3 is 0 Å². The van der Waals surface area contributed by atoms with Gasteiger partial charge in [0, 0.05) is 13.0 Å². The molecule has 2 aromatic rings. The highest BCUT2D eigenvalue weighted by atomic mass is 32.2. The van der Waals surface area contributed by atoms with Gasteiger partial charge in [0.15, 0.2) is 4.34 Å². The number of sulfonamides is 1. The van der Waals surface area contributed by atoms with Gasteiger partial charge in [-0.15, -0.1) is 10.2 Å². The van der Waals surface area contributed by atoms with Crippen molar-refractivity contribution in [1.29, 1.82) is 0 Å². The molecule has 0 unspecified atom stereocenters. The summed E-state index contributed by atoms with van der Waals surface area (Å²) in [5.74, 6) is 0.690. The van der Waals surface area contributed by atoms with Crippen LogP contribution in [0.3, 0.4) is 0 Å². The summed E-state index contributed by atoms with van der Waals surface area (Å²) in [6, 6.07) is 5.66. The molecular formula is C17H24N4O3S3. The van der Waals surface area contributed by atoms with Gasteiger partial charge in [-0.2, -0.15) is 0 Å². The first kappa shape index (κ1) is 21.6. The van der Waals surface area contributed by atoms with Gasteiger partial charge in [0.2, 0.25) is 21.1 Å². The fourth-order valence-corrected chi connectivity index (χ4v) is 5.20. The molecule has 27 heavy (non-hydrogen) atoms. The zero-order valence-electron chi connectivity index (χ0n) is 15.9. The Morgan fingerprint density at radius 2 is 1.89 bits per heavy atom. The normalized spacial score (nSPS) is 11.4. The van der Waals surface area contributed by atoms with Crippen molar-refractivity contribution in [3.05, 3.63) is 29.3 Å². The summed E-state index contributed by atoms with van der Waals surface area (Å²) in [4.78, 5) is 12.1. The maximum absolute atomic E-state index is 12.2. The number of hydrogen-bond acceptors (Lipinski definition) is 7. The van der Waals surface area contributed by atoms with Crippen LogP contribution in [0.2, 0.25) is 0 Å². The van der Waals surface area contributed by atoms with Gasteiger partial charge in [-0.25, -0.2) is 8.42 Å². The van der Waals surface area contributed by atoms with Crippen molar-refractivity contribution in [1.82, 2.24) is 10.2 Å². The van der Waals surface area contributed by atoms with Crippen molar-refractivity contribution in [2.75, 3.05) is 28.2 Å². The SMILES string of the molecule is CCSc1nnc(NC(=O)CCCN(c2cc(C)cc(C)c2)S(C)(=O)=O)s1. The largest absolute Gasteiger partial charge is 0.301 e. The highest BCUT2D eigenvalue weighted by molar-refractivity contribution is 8.01. The van der Waals surface area contributed by atoms with Gasteiger partial charge in [-0.05, 0) is 49.3 Å². The molecular weight excluding hydrogens is 404 g/mol. The molecule has 1 aromatic carbocycles. The third kappa shape index (κ3) is 6.78. The second kappa shape index (κ2) is 9.52. The van der Waals surface area contributed by atoms with E-state index in [0.29, 0.717) is 17.2 Å². The van der Waals surface area contributed by atoms with Crippen molar-refractivity contribution in [2.45, 2.75) is 38.0 Å². The van der Waals surface area contributed by atoms with E-state index in [1.807, 2.05) is 39.0 Å². The van der Waals surface area contributed by atoms with Crippen LogP contribution in [0.4, 0.5) is 10.8 Å². The number of thioether (sulfide) groups is 1. The predicted octanol–water partition coefficient (Wildman–Crippen LogP) is 3.45. The fourth-order valence-electron chi connectivity index (χ4n) is 2.59. The van der Waals surface area contributed by atoms with E-state index in [9.17, 15) is 13.2 Å². The zero-order chi connectivity index (χ0) is 20.0. The van der Waals surface area contributed by atoms with Gasteiger partial charge in [-0.3, -0.25) is 9.10 Å². The van der Waals surface area contributed by atoms with E-state index in [-0.39, 0.29) is 18.9 Å². The van der Waals surface area contributed by atoms with Gasteiger partial charge in [0.25, 0.3) is 0 Å². The number of amides is 1. The molecule has 0 fully saturated rings. The minimum atomic E-state index is -3.43. The number of anilines is 2. The lowest BCUT2D eigenvalue weighted by Crippen LogP contribution is -2.31. The summed E-state index contributed by atoms with van der Waals surface area (Å²) in [5.41, 5.74) is 2.61. The maximum Gasteiger partial charge on any atom is 0.232 e. The molecule has 148 valence electrons. The second-order valence-electron chi connectivity index (χ2n) is 6.14. The van der Waals surface area contributed by atoms with Crippen molar-refractivity contribution >= 4 is 49.8 Å². The molecule has 1 aromatic heterocycles. The van der Waals surface area contributed by atoms with E-state index in [0.717, 1.165) is 21.2 Å². The number of carbonyl (C=O) groups is 1. The van der Waals surface area contributed by atoms with Crippen molar-refractivity contribution in [3.8, 4) is 0 Å². The number of hydrogen-bond donors (Lipinski definition) is 1. The number of aryl methyl sites for hydroxylation is 2. The van der Waals surface area contributed by atoms with Crippen LogP contribution in [0.15, 0.2) is 22.5 Å². The summed E-state index contributed by atoms with van der Waals surface area (Å²) in [5, 5.41) is 11.1. The van der Waals surface area contributed by atoms with Crippen LogP contribution in [0.5, 0.6) is 0 Å². The monoisotopic (exact) mass is 428 g/mol. The van der Waals surface area contributed by atoms with Crippen molar-refractivity contribution in [3.63, 3.8) is 0 Å². The Hall–Kier alpha value is -1.65. The molecule has 0 saturated heterocycles. The summed E-state index contributed by atoms with van der Waals surface area (Å²) >= 11 is 2.90. The number of rotatable bonds is 9. The van der Waals surface area contributed by atoms with Crippen LogP contribution < -0.4 is 9.62 Å². The van der Waals surface area contributed by atoms with Crippen LogP contribution in [0.1, 0.15) is 30.9 Å². The molecule has 0 atom stereocenters. The first-order valence-corrected chi connectivity index (χ1v) is 12.2. The summed E-state index contributed by atoms with van der Waals surface area (Å²) in [7, 11) is -3.43. The van der Waals surface area contributed by atoms with E-state index in [4.69, 9.17) is 0 Å². The quantitative estimate of drug-likeness (QED) is 0.486. The Morgan fingerprint density at radius 1 is 1.22 bits per heavy atom. The lowest BCUT2D eigenvalue weighted by molar-refractivity contribution is -0.116. The molecule has 1 amide bonds. The lowest BCUT2D eigenvalue weighted by Gasteiger charge is -2.23. The Bertz CT molecular complexity index is 876. The minimum Gasteiger partial charge on any atom is -0.301 e. The van der Waals surface area contributed by atoms with Gasteiger partial charge < -0.3 is 5.32 Å². The number of nitrogens with zero attached hydrogens (tertiary/aromatic N) is 3. The number of carbonyl (C=O) groups excluding carboxylic acids is 1. The average Bonchev–Trinajstić information content (AvgIpc) is 2.96. The molecule has 2 rings (SSSR count). The molecule has 0 aliphatic carbocycles. The molecule has 1 heterocycles. The Kier molecular flexibility index (Phi) is 7.63. The summed E-state index contributed by atoms with van der Waals surface area (Å²) in [6.07, 6.45) is 1.78. The number of benzene rings is 1. The van der Waals surface area contributed by atoms with Crippen LogP contribution >= 0.6 is 23.1 Å². The summed E-state index contributed by atoms with van der Waals surface area (Å²) in [6.45, 7) is 6.12. The average molecular weight is 429 g/mol. The molecule has 0 spiro atoms. The third-order valence-corrected chi connectivity index (χ3v) is 6.63. The molecule has 7 nitrogen and oxygen atoms in total. The van der Waals surface area contributed by atoms with Crippen molar-refractivity contribution in [2.24, 2.45) is 0 Å². The highest BCUT2D eigenvalue weighted by Crippen LogP contribution is 2.25. The molecule has 0 saturated carbocycles. The third-order valence-electron chi connectivity index (χ3n) is 3.58. The molecule has 10 heteroatoms. The summed E-state index contributed by atoms with van der Waals surface area (Å²) < 4.78 is 26.5. The number of nitrogens with one attached hydrogen (secondary N) is 1. The van der Waals surface area contributed by atoms with Gasteiger partial charge in [0.05, 0.1) is 11.9 Å². The Labute approximate surface area is 168 Å².